The molecule has 0 aromatic carbocycles. The number of nitrogens with one attached hydrogen (secondary N) is 1. The van der Waals surface area contributed by atoms with E-state index in [2.05, 4.69) is 20.3 Å². The van der Waals surface area contributed by atoms with Crippen molar-refractivity contribution in [1.29, 1.82) is 0 Å². The molecule has 3 heterocycles. The Morgan fingerprint density at radius 2 is 1.89 bits per heavy atom. The first-order chi connectivity index (χ1) is 13.4. The summed E-state index contributed by atoms with van der Waals surface area (Å²) in [6, 6.07) is 5.17. The van der Waals surface area contributed by atoms with E-state index in [1.165, 1.54) is 11.7 Å². The van der Waals surface area contributed by atoms with Crippen LogP contribution in [0.2, 0.25) is 0 Å². The summed E-state index contributed by atoms with van der Waals surface area (Å²) in [4.78, 5) is 38.4. The monoisotopic (exact) mass is 379 g/mol. The van der Waals surface area contributed by atoms with E-state index in [0.717, 1.165) is 11.4 Å². The number of aryl methyl sites for hydroxylation is 3. The van der Waals surface area contributed by atoms with Gasteiger partial charge in [-0.1, -0.05) is 0 Å². The second-order valence-electron chi connectivity index (χ2n) is 6.42. The van der Waals surface area contributed by atoms with E-state index >= 15 is 0 Å². The minimum absolute atomic E-state index is 0.0604. The summed E-state index contributed by atoms with van der Waals surface area (Å²) in [6.07, 6.45) is 4.90. The Balaban J connectivity index is 1.92. The van der Waals surface area contributed by atoms with Crippen LogP contribution in [0.25, 0.3) is 0 Å². The maximum absolute atomic E-state index is 12.9. The average molecular weight is 379 g/mol. The van der Waals surface area contributed by atoms with Gasteiger partial charge in [0.05, 0.1) is 31.2 Å². The molecular formula is C20H21N5O3. The fourth-order valence-corrected chi connectivity index (χ4v) is 2.71. The summed E-state index contributed by atoms with van der Waals surface area (Å²) in [6.45, 7) is 5.60. The summed E-state index contributed by atoms with van der Waals surface area (Å²) in [5, 5.41) is 2.72. The standard InChI is InChI=1S/C20H21N5O3/c1-12-7-8-25(11-15-10-21-14(3)9-22-15)20(27)17(12)18(26)24-16-6-5-13(2)23-19(16)28-4/h5-10H,11H2,1-4H3,(H,24,26). The van der Waals surface area contributed by atoms with Crippen LogP contribution in [0, 0.1) is 20.8 Å². The van der Waals surface area contributed by atoms with Gasteiger partial charge in [-0.2, -0.15) is 0 Å². The molecule has 1 N–H and O–H groups in total. The molecule has 0 bridgehead atoms. The van der Waals surface area contributed by atoms with Crippen molar-refractivity contribution in [2.45, 2.75) is 27.3 Å². The van der Waals surface area contributed by atoms with Crippen LogP contribution in [0.5, 0.6) is 5.88 Å². The second-order valence-corrected chi connectivity index (χ2v) is 6.42. The zero-order valence-corrected chi connectivity index (χ0v) is 16.2. The first-order valence-corrected chi connectivity index (χ1v) is 8.69. The number of hydrogen-bond donors (Lipinski definition) is 1. The molecule has 0 aliphatic carbocycles. The van der Waals surface area contributed by atoms with Crippen LogP contribution in [0.15, 0.2) is 41.6 Å². The van der Waals surface area contributed by atoms with Gasteiger partial charge >= 0.3 is 0 Å². The van der Waals surface area contributed by atoms with Crippen molar-refractivity contribution in [3.8, 4) is 5.88 Å². The van der Waals surface area contributed by atoms with E-state index in [0.29, 0.717) is 16.9 Å². The maximum atomic E-state index is 12.9. The van der Waals surface area contributed by atoms with Gasteiger partial charge in [0.15, 0.2) is 0 Å². The van der Waals surface area contributed by atoms with E-state index in [9.17, 15) is 9.59 Å². The molecule has 28 heavy (non-hydrogen) atoms. The number of carbonyl (C=O) groups excluding carboxylic acids is 1. The lowest BCUT2D eigenvalue weighted by Gasteiger charge is -2.12. The Morgan fingerprint density at radius 3 is 2.57 bits per heavy atom. The molecule has 0 spiro atoms. The number of hydrogen-bond acceptors (Lipinski definition) is 6. The highest BCUT2D eigenvalue weighted by Crippen LogP contribution is 2.22. The second kappa shape index (κ2) is 7.99. The van der Waals surface area contributed by atoms with Crippen LogP contribution in [-0.4, -0.2) is 32.5 Å². The van der Waals surface area contributed by atoms with Gasteiger partial charge in [-0.15, -0.1) is 0 Å². The van der Waals surface area contributed by atoms with Crippen molar-refractivity contribution in [3.63, 3.8) is 0 Å². The van der Waals surface area contributed by atoms with Crippen molar-refractivity contribution in [2.75, 3.05) is 12.4 Å². The van der Waals surface area contributed by atoms with E-state index in [4.69, 9.17) is 4.74 Å². The van der Waals surface area contributed by atoms with Gasteiger partial charge < -0.3 is 14.6 Å². The Hall–Kier alpha value is -3.55. The Bertz CT molecular complexity index is 1070. The fourth-order valence-electron chi connectivity index (χ4n) is 2.71. The van der Waals surface area contributed by atoms with Gasteiger partial charge in [-0.3, -0.25) is 19.6 Å². The molecule has 1 amide bonds. The summed E-state index contributed by atoms with van der Waals surface area (Å²) in [7, 11) is 1.47. The zero-order valence-electron chi connectivity index (χ0n) is 16.2. The minimum Gasteiger partial charge on any atom is -0.480 e. The third-order valence-electron chi connectivity index (χ3n) is 4.21. The fraction of sp³-hybridized carbons (Fsp3) is 0.250. The molecule has 3 aromatic rings. The number of nitrogens with zero attached hydrogens (tertiary/aromatic N) is 4. The lowest BCUT2D eigenvalue weighted by Crippen LogP contribution is -2.30. The summed E-state index contributed by atoms with van der Waals surface area (Å²) < 4.78 is 6.65. The highest BCUT2D eigenvalue weighted by atomic mass is 16.5. The predicted molar refractivity (Wildman–Crippen MR) is 105 cm³/mol. The predicted octanol–water partition coefficient (Wildman–Crippen LogP) is 2.27. The van der Waals surface area contributed by atoms with Gasteiger partial charge in [0.25, 0.3) is 11.5 Å². The van der Waals surface area contributed by atoms with Crippen molar-refractivity contribution in [1.82, 2.24) is 19.5 Å². The molecule has 0 aliphatic rings. The number of methoxy groups -OCH3 is 1. The Kier molecular flexibility index (Phi) is 5.49. The Morgan fingerprint density at radius 1 is 1.11 bits per heavy atom. The van der Waals surface area contributed by atoms with Gasteiger partial charge in [0.2, 0.25) is 5.88 Å². The van der Waals surface area contributed by atoms with Crippen molar-refractivity contribution >= 4 is 11.6 Å². The zero-order chi connectivity index (χ0) is 20.3. The van der Waals surface area contributed by atoms with Crippen molar-refractivity contribution in [3.05, 3.63) is 75.4 Å². The summed E-state index contributed by atoms with van der Waals surface area (Å²) >= 11 is 0. The number of anilines is 1. The topological polar surface area (TPSA) is 99.0 Å². The first-order valence-electron chi connectivity index (χ1n) is 8.69. The van der Waals surface area contributed by atoms with Gasteiger partial charge in [-0.25, -0.2) is 4.98 Å². The quantitative estimate of drug-likeness (QED) is 0.730. The number of aromatic nitrogens is 4. The number of ether oxygens (including phenoxy) is 1. The molecule has 0 unspecified atom stereocenters. The van der Waals surface area contributed by atoms with Gasteiger partial charge in [-0.05, 0) is 44.5 Å². The summed E-state index contributed by atoms with van der Waals surface area (Å²) in [5.74, 6) is -0.229. The minimum atomic E-state index is -0.518. The molecule has 8 nitrogen and oxygen atoms in total. The third-order valence-corrected chi connectivity index (χ3v) is 4.21. The number of rotatable bonds is 5. The SMILES string of the molecule is COc1nc(C)ccc1NC(=O)c1c(C)ccn(Cc2cnc(C)cn2)c1=O. The van der Waals surface area contributed by atoms with Gasteiger partial charge in [0, 0.05) is 18.1 Å². The average Bonchev–Trinajstić information content (AvgIpc) is 2.67. The van der Waals surface area contributed by atoms with Crippen molar-refractivity contribution < 1.29 is 9.53 Å². The maximum Gasteiger partial charge on any atom is 0.264 e. The molecule has 144 valence electrons. The molecule has 3 aromatic heterocycles. The number of carbonyl (C=O) groups is 1. The van der Waals surface area contributed by atoms with Crippen LogP contribution in [0.3, 0.4) is 0 Å². The normalized spacial score (nSPS) is 10.6. The lowest BCUT2D eigenvalue weighted by atomic mass is 10.1. The first kappa shape index (κ1) is 19.2. The van der Waals surface area contributed by atoms with Crippen LogP contribution in [0.1, 0.15) is 33.0 Å². The lowest BCUT2D eigenvalue weighted by molar-refractivity contribution is 0.102. The highest BCUT2D eigenvalue weighted by Gasteiger charge is 2.18. The molecule has 8 heteroatoms. The highest BCUT2D eigenvalue weighted by molar-refractivity contribution is 6.05. The molecule has 0 aliphatic heterocycles. The van der Waals surface area contributed by atoms with E-state index in [1.807, 2.05) is 13.8 Å². The molecular weight excluding hydrogens is 358 g/mol. The molecule has 3 rings (SSSR count). The molecule has 0 saturated carbocycles. The number of pyridine rings is 2. The van der Waals surface area contributed by atoms with E-state index in [-0.39, 0.29) is 18.0 Å². The molecule has 0 radical (unpaired) electrons. The van der Waals surface area contributed by atoms with E-state index < -0.39 is 11.5 Å². The number of amides is 1. The molecule has 0 fully saturated rings. The smallest absolute Gasteiger partial charge is 0.264 e. The third kappa shape index (κ3) is 4.06. The van der Waals surface area contributed by atoms with Crippen LogP contribution in [0.4, 0.5) is 5.69 Å². The van der Waals surface area contributed by atoms with Crippen LogP contribution < -0.4 is 15.6 Å². The molecule has 0 atom stereocenters. The van der Waals surface area contributed by atoms with E-state index in [1.54, 1.807) is 43.7 Å². The van der Waals surface area contributed by atoms with Crippen LogP contribution in [-0.2, 0) is 6.54 Å². The Labute approximate surface area is 162 Å². The van der Waals surface area contributed by atoms with Gasteiger partial charge in [0.1, 0.15) is 11.3 Å². The summed E-state index contributed by atoms with van der Waals surface area (Å²) in [5.41, 5.74) is 2.81. The van der Waals surface area contributed by atoms with Crippen molar-refractivity contribution in [2.24, 2.45) is 0 Å². The molecule has 0 saturated heterocycles. The largest absolute Gasteiger partial charge is 0.480 e. The van der Waals surface area contributed by atoms with Crippen LogP contribution >= 0.6 is 0 Å².